The van der Waals surface area contributed by atoms with Crippen molar-refractivity contribution in [2.75, 3.05) is 0 Å². The van der Waals surface area contributed by atoms with Crippen LogP contribution >= 0.6 is 0 Å². The number of halogens is 1. The zero-order chi connectivity index (χ0) is 12.5. The van der Waals surface area contributed by atoms with E-state index >= 15 is 0 Å². The summed E-state index contributed by atoms with van der Waals surface area (Å²) in [6.45, 7) is 0. The highest BCUT2D eigenvalue weighted by atomic mass is 19.1. The van der Waals surface area contributed by atoms with Crippen LogP contribution in [0.1, 0.15) is 0 Å². The van der Waals surface area contributed by atoms with Crippen molar-refractivity contribution in [3.05, 3.63) is 71.0 Å². The van der Waals surface area contributed by atoms with Gasteiger partial charge in [-0.1, -0.05) is 0 Å². The second kappa shape index (κ2) is 4.07. The van der Waals surface area contributed by atoms with Gasteiger partial charge in [0.15, 0.2) is 5.43 Å². The molecule has 3 rings (SSSR count). The highest BCUT2D eigenvalue weighted by Crippen LogP contribution is 2.15. The third kappa shape index (κ3) is 1.68. The maximum Gasteiger partial charge on any atom is 0.190 e. The number of nitrogens with zero attached hydrogens (tertiary/aromatic N) is 2. The highest BCUT2D eigenvalue weighted by molar-refractivity contribution is 5.79. The molecule has 0 aliphatic rings. The first-order valence-corrected chi connectivity index (χ1v) is 5.47. The lowest BCUT2D eigenvalue weighted by Gasteiger charge is -2.10. The van der Waals surface area contributed by atoms with E-state index < -0.39 is 0 Å². The summed E-state index contributed by atoms with van der Waals surface area (Å²) in [5.41, 5.74) is 1.48. The molecule has 3 aromatic rings. The van der Waals surface area contributed by atoms with Crippen LogP contribution in [0.5, 0.6) is 0 Å². The van der Waals surface area contributed by atoms with Gasteiger partial charge in [0.1, 0.15) is 5.82 Å². The molecule has 0 radical (unpaired) electrons. The summed E-state index contributed by atoms with van der Waals surface area (Å²) in [5, 5.41) is 0.546. The lowest BCUT2D eigenvalue weighted by Crippen LogP contribution is -2.06. The number of aromatic nitrogens is 2. The van der Waals surface area contributed by atoms with Crippen LogP contribution < -0.4 is 5.43 Å². The van der Waals surface area contributed by atoms with E-state index in [4.69, 9.17) is 0 Å². The summed E-state index contributed by atoms with van der Waals surface area (Å²) in [6, 6.07) is 9.35. The summed E-state index contributed by atoms with van der Waals surface area (Å²) in [4.78, 5) is 15.7. The zero-order valence-electron chi connectivity index (χ0n) is 9.38. The Bertz CT molecular complexity index is 763. The number of fused-ring (bicyclic) bond motifs is 1. The molecule has 0 saturated heterocycles. The van der Waals surface area contributed by atoms with Crippen LogP contribution in [0.25, 0.3) is 16.6 Å². The Balaban J connectivity index is 2.33. The van der Waals surface area contributed by atoms with E-state index in [1.165, 1.54) is 24.4 Å². The molecule has 0 aliphatic heterocycles. The van der Waals surface area contributed by atoms with Gasteiger partial charge in [0, 0.05) is 30.3 Å². The van der Waals surface area contributed by atoms with Crippen LogP contribution in [0.2, 0.25) is 0 Å². The molecule has 0 fully saturated rings. The molecule has 0 unspecified atom stereocenters. The fourth-order valence-corrected chi connectivity index (χ4v) is 1.93. The second-order valence-electron chi connectivity index (χ2n) is 3.92. The van der Waals surface area contributed by atoms with Crippen molar-refractivity contribution in [3.8, 4) is 5.69 Å². The molecular weight excluding hydrogens is 231 g/mol. The van der Waals surface area contributed by atoms with E-state index in [2.05, 4.69) is 4.98 Å². The van der Waals surface area contributed by atoms with Gasteiger partial charge in [-0.25, -0.2) is 4.39 Å². The second-order valence-corrected chi connectivity index (χ2v) is 3.92. The molecule has 88 valence electrons. The molecule has 0 bridgehead atoms. The summed E-state index contributed by atoms with van der Waals surface area (Å²) >= 11 is 0. The highest BCUT2D eigenvalue weighted by Gasteiger charge is 2.04. The first-order valence-electron chi connectivity index (χ1n) is 5.47. The standard InChI is InChI=1S/C14H9FN2O/c15-10-1-3-11(4-2-10)17-8-6-14(18)12-9-16-7-5-13(12)17/h1-9H. The molecular formula is C14H9FN2O. The van der Waals surface area contributed by atoms with Gasteiger partial charge in [-0.2, -0.15) is 0 Å². The lowest BCUT2D eigenvalue weighted by molar-refractivity contribution is 0.627. The number of hydrogen-bond donors (Lipinski definition) is 0. The van der Waals surface area contributed by atoms with Gasteiger partial charge in [-0.3, -0.25) is 9.78 Å². The number of hydrogen-bond acceptors (Lipinski definition) is 2. The summed E-state index contributed by atoms with van der Waals surface area (Å²) < 4.78 is 14.7. The Morgan fingerprint density at radius 2 is 1.83 bits per heavy atom. The van der Waals surface area contributed by atoms with Crippen molar-refractivity contribution in [2.45, 2.75) is 0 Å². The molecule has 0 spiro atoms. The van der Waals surface area contributed by atoms with E-state index in [0.29, 0.717) is 5.39 Å². The molecule has 0 N–H and O–H groups in total. The summed E-state index contributed by atoms with van der Waals surface area (Å²) in [5.74, 6) is -0.286. The normalized spacial score (nSPS) is 10.7. The van der Waals surface area contributed by atoms with Crippen molar-refractivity contribution in [2.24, 2.45) is 0 Å². The maximum atomic E-state index is 12.9. The van der Waals surface area contributed by atoms with Crippen LogP contribution in [-0.4, -0.2) is 9.55 Å². The molecule has 3 nitrogen and oxygen atoms in total. The SMILES string of the molecule is O=c1ccn(-c2ccc(F)cc2)c2ccncc12. The Morgan fingerprint density at radius 1 is 1.06 bits per heavy atom. The number of pyridine rings is 2. The van der Waals surface area contributed by atoms with Gasteiger partial charge in [-0.05, 0) is 30.3 Å². The van der Waals surface area contributed by atoms with E-state index in [0.717, 1.165) is 11.2 Å². The number of rotatable bonds is 1. The van der Waals surface area contributed by atoms with Gasteiger partial charge >= 0.3 is 0 Å². The van der Waals surface area contributed by atoms with E-state index in [1.807, 2.05) is 4.57 Å². The van der Waals surface area contributed by atoms with Crippen molar-refractivity contribution < 1.29 is 4.39 Å². The monoisotopic (exact) mass is 240 g/mol. The molecule has 0 saturated carbocycles. The molecule has 0 amide bonds. The fraction of sp³-hybridized carbons (Fsp3) is 0. The van der Waals surface area contributed by atoms with Crippen LogP contribution in [0, 0.1) is 5.82 Å². The Hall–Kier alpha value is -2.49. The minimum Gasteiger partial charge on any atom is -0.316 e. The Morgan fingerprint density at radius 3 is 2.61 bits per heavy atom. The predicted octanol–water partition coefficient (Wildman–Crippen LogP) is 2.52. The van der Waals surface area contributed by atoms with Crippen LogP contribution in [-0.2, 0) is 0 Å². The minimum absolute atomic E-state index is 0.0727. The molecule has 2 aromatic heterocycles. The first kappa shape index (κ1) is 10.7. The smallest absolute Gasteiger partial charge is 0.190 e. The predicted molar refractivity (Wildman–Crippen MR) is 67.3 cm³/mol. The Kier molecular flexibility index (Phi) is 2.41. The minimum atomic E-state index is -0.286. The van der Waals surface area contributed by atoms with Crippen LogP contribution in [0.15, 0.2) is 59.8 Å². The third-order valence-electron chi connectivity index (χ3n) is 2.80. The summed E-state index contributed by atoms with van der Waals surface area (Å²) in [7, 11) is 0. The lowest BCUT2D eigenvalue weighted by atomic mass is 10.2. The molecule has 0 atom stereocenters. The van der Waals surface area contributed by atoms with Gasteiger partial charge < -0.3 is 4.57 Å². The van der Waals surface area contributed by atoms with Gasteiger partial charge in [0.2, 0.25) is 0 Å². The van der Waals surface area contributed by atoms with Crippen molar-refractivity contribution in [3.63, 3.8) is 0 Å². The van der Waals surface area contributed by atoms with Crippen molar-refractivity contribution >= 4 is 10.9 Å². The number of benzene rings is 1. The topological polar surface area (TPSA) is 34.9 Å². The van der Waals surface area contributed by atoms with Crippen molar-refractivity contribution in [1.82, 2.24) is 9.55 Å². The quantitative estimate of drug-likeness (QED) is 0.655. The largest absolute Gasteiger partial charge is 0.316 e. The summed E-state index contributed by atoms with van der Waals surface area (Å²) in [6.07, 6.45) is 4.84. The average molecular weight is 240 g/mol. The van der Waals surface area contributed by atoms with E-state index in [-0.39, 0.29) is 11.2 Å². The fourth-order valence-electron chi connectivity index (χ4n) is 1.93. The Labute approximate surface area is 102 Å². The van der Waals surface area contributed by atoms with Gasteiger partial charge in [-0.15, -0.1) is 0 Å². The molecule has 18 heavy (non-hydrogen) atoms. The van der Waals surface area contributed by atoms with E-state index in [9.17, 15) is 9.18 Å². The average Bonchev–Trinajstić information content (AvgIpc) is 2.41. The third-order valence-corrected chi connectivity index (χ3v) is 2.80. The van der Waals surface area contributed by atoms with Crippen LogP contribution in [0.4, 0.5) is 4.39 Å². The molecule has 1 aromatic carbocycles. The van der Waals surface area contributed by atoms with E-state index in [1.54, 1.807) is 30.6 Å². The van der Waals surface area contributed by atoms with Gasteiger partial charge in [0.05, 0.1) is 10.9 Å². The van der Waals surface area contributed by atoms with Gasteiger partial charge in [0.25, 0.3) is 0 Å². The first-order chi connectivity index (χ1) is 8.75. The maximum absolute atomic E-state index is 12.9. The molecule has 0 aliphatic carbocycles. The van der Waals surface area contributed by atoms with Crippen LogP contribution in [0.3, 0.4) is 0 Å². The van der Waals surface area contributed by atoms with Crippen molar-refractivity contribution in [1.29, 1.82) is 0 Å². The molecule has 2 heterocycles. The zero-order valence-corrected chi connectivity index (χ0v) is 9.38. The molecule has 4 heteroatoms.